The molecule has 3 atom stereocenters. The SMILES string of the molecule is Cc1ccc(S(=O)(=O)N(C)C[C@H]2Oc3ccc(NC(=O)Cc4cn(C)c5ccccc45)cc3C(=O)N([C@@H](C)CO)C[C@H]2C)cc1. The van der Waals surface area contributed by atoms with Crippen LogP contribution in [-0.4, -0.2) is 78.0 Å². The van der Waals surface area contributed by atoms with E-state index in [2.05, 4.69) is 5.32 Å². The molecule has 2 amide bonds. The lowest BCUT2D eigenvalue weighted by atomic mass is 9.99. The molecule has 0 aliphatic carbocycles. The molecule has 0 bridgehead atoms. The molecule has 0 saturated carbocycles. The maximum Gasteiger partial charge on any atom is 0.258 e. The van der Waals surface area contributed by atoms with Crippen LogP contribution >= 0.6 is 0 Å². The molecular formula is C34H40N4O6S. The third-order valence-electron chi connectivity index (χ3n) is 8.45. The Labute approximate surface area is 264 Å². The molecule has 0 unspecified atom stereocenters. The van der Waals surface area contributed by atoms with Gasteiger partial charge in [-0.2, -0.15) is 4.31 Å². The van der Waals surface area contributed by atoms with Crippen molar-refractivity contribution in [3.63, 3.8) is 0 Å². The van der Waals surface area contributed by atoms with E-state index in [9.17, 15) is 23.1 Å². The number of aryl methyl sites for hydroxylation is 2. The summed E-state index contributed by atoms with van der Waals surface area (Å²) >= 11 is 0. The number of anilines is 1. The molecule has 5 rings (SSSR count). The van der Waals surface area contributed by atoms with Gasteiger partial charge in [0, 0.05) is 49.3 Å². The number of aliphatic hydroxyl groups excluding tert-OH is 1. The lowest BCUT2D eigenvalue weighted by Gasteiger charge is -2.38. The van der Waals surface area contributed by atoms with Crippen LogP contribution in [0.25, 0.3) is 10.9 Å². The topological polar surface area (TPSA) is 121 Å². The smallest absolute Gasteiger partial charge is 0.258 e. The van der Waals surface area contributed by atoms with E-state index in [0.29, 0.717) is 5.69 Å². The Kier molecular flexibility index (Phi) is 9.33. The second kappa shape index (κ2) is 13.0. The Hall–Kier alpha value is -4.19. The molecule has 45 heavy (non-hydrogen) atoms. The number of fused-ring (bicyclic) bond motifs is 2. The fraction of sp³-hybridized carbons (Fsp3) is 0.353. The molecule has 0 spiro atoms. The predicted octanol–water partition coefficient (Wildman–Crippen LogP) is 4.21. The molecule has 1 aromatic heterocycles. The zero-order valence-electron chi connectivity index (χ0n) is 26.2. The van der Waals surface area contributed by atoms with Crippen molar-refractivity contribution in [1.29, 1.82) is 0 Å². The van der Waals surface area contributed by atoms with Crippen LogP contribution in [0.1, 0.15) is 35.3 Å². The molecule has 4 aromatic rings. The number of hydrogen-bond donors (Lipinski definition) is 2. The van der Waals surface area contributed by atoms with Crippen molar-refractivity contribution in [3.8, 4) is 5.75 Å². The largest absolute Gasteiger partial charge is 0.488 e. The zero-order chi connectivity index (χ0) is 32.5. The second-order valence-electron chi connectivity index (χ2n) is 11.9. The molecule has 0 radical (unpaired) electrons. The Bertz CT molecular complexity index is 1820. The van der Waals surface area contributed by atoms with Crippen LogP contribution in [-0.2, 0) is 28.3 Å². The molecule has 238 valence electrons. The number of nitrogens with zero attached hydrogens (tertiary/aromatic N) is 3. The highest BCUT2D eigenvalue weighted by Crippen LogP contribution is 2.31. The van der Waals surface area contributed by atoms with Gasteiger partial charge in [-0.3, -0.25) is 9.59 Å². The van der Waals surface area contributed by atoms with Gasteiger partial charge in [-0.15, -0.1) is 0 Å². The standard InChI is InChI=1S/C34H40N4O6S/c1-22-10-13-27(14-11-22)45(42,43)37(5)20-32-23(2)18-38(24(3)21-39)34(41)29-17-26(12-15-31(29)44-32)35-33(40)16-25-19-36(4)30-9-7-6-8-28(25)30/h6-15,17,19,23-24,32,39H,16,18,20-21H2,1-5H3,(H,35,40)/t23-,24+,32-/m1/s1. The minimum absolute atomic E-state index is 0.0376. The molecule has 1 aliphatic heterocycles. The number of benzene rings is 3. The summed E-state index contributed by atoms with van der Waals surface area (Å²) in [5.74, 6) is -0.574. The van der Waals surface area contributed by atoms with Crippen molar-refractivity contribution in [2.75, 3.05) is 32.1 Å². The van der Waals surface area contributed by atoms with E-state index in [0.717, 1.165) is 22.0 Å². The molecular weight excluding hydrogens is 592 g/mol. The molecule has 10 nitrogen and oxygen atoms in total. The number of rotatable bonds is 9. The van der Waals surface area contributed by atoms with Gasteiger partial charge in [-0.1, -0.05) is 42.8 Å². The number of hydrogen-bond acceptors (Lipinski definition) is 6. The Morgan fingerprint density at radius 2 is 1.84 bits per heavy atom. The lowest BCUT2D eigenvalue weighted by Crippen LogP contribution is -2.50. The van der Waals surface area contributed by atoms with E-state index >= 15 is 0 Å². The molecule has 3 aromatic carbocycles. The lowest BCUT2D eigenvalue weighted by molar-refractivity contribution is -0.115. The summed E-state index contributed by atoms with van der Waals surface area (Å²) in [6.07, 6.45) is 1.48. The van der Waals surface area contributed by atoms with Gasteiger partial charge in [-0.05, 0) is 55.8 Å². The average Bonchev–Trinajstić information content (AvgIpc) is 3.33. The second-order valence-corrected chi connectivity index (χ2v) is 14.0. The molecule has 11 heteroatoms. The van der Waals surface area contributed by atoms with Gasteiger partial charge >= 0.3 is 0 Å². The normalized spacial score (nSPS) is 17.8. The number of likely N-dealkylation sites (N-methyl/N-ethyl adjacent to an activating group) is 1. The number of para-hydroxylation sites is 1. The van der Waals surface area contributed by atoms with Crippen LogP contribution < -0.4 is 10.1 Å². The number of sulfonamides is 1. The van der Waals surface area contributed by atoms with E-state index in [1.165, 1.54) is 11.4 Å². The molecule has 2 heterocycles. The summed E-state index contributed by atoms with van der Waals surface area (Å²) in [6, 6.07) is 18.9. The van der Waals surface area contributed by atoms with E-state index in [1.807, 2.05) is 55.9 Å². The van der Waals surface area contributed by atoms with Gasteiger partial charge in [0.15, 0.2) is 0 Å². The Morgan fingerprint density at radius 3 is 2.56 bits per heavy atom. The highest BCUT2D eigenvalue weighted by molar-refractivity contribution is 7.89. The number of nitrogens with one attached hydrogen (secondary N) is 1. The van der Waals surface area contributed by atoms with Gasteiger partial charge in [0.05, 0.1) is 36.1 Å². The average molecular weight is 633 g/mol. The number of amides is 2. The Morgan fingerprint density at radius 1 is 1.13 bits per heavy atom. The first-order valence-electron chi connectivity index (χ1n) is 15.0. The summed E-state index contributed by atoms with van der Waals surface area (Å²) in [5, 5.41) is 13.9. The van der Waals surface area contributed by atoms with Gasteiger partial charge in [-0.25, -0.2) is 8.42 Å². The van der Waals surface area contributed by atoms with Crippen LogP contribution in [0.4, 0.5) is 5.69 Å². The highest BCUT2D eigenvalue weighted by Gasteiger charge is 2.35. The van der Waals surface area contributed by atoms with E-state index in [1.54, 1.807) is 54.3 Å². The van der Waals surface area contributed by atoms with Crippen LogP contribution in [0.5, 0.6) is 5.75 Å². The minimum Gasteiger partial charge on any atom is -0.488 e. The first-order valence-corrected chi connectivity index (χ1v) is 16.4. The van der Waals surface area contributed by atoms with Gasteiger partial charge < -0.3 is 24.6 Å². The van der Waals surface area contributed by atoms with Crippen molar-refractivity contribution in [2.45, 2.75) is 44.2 Å². The van der Waals surface area contributed by atoms with Crippen LogP contribution in [0, 0.1) is 12.8 Å². The minimum atomic E-state index is -3.80. The van der Waals surface area contributed by atoms with E-state index in [4.69, 9.17) is 4.74 Å². The maximum atomic E-state index is 13.8. The van der Waals surface area contributed by atoms with Crippen LogP contribution in [0.15, 0.2) is 77.8 Å². The van der Waals surface area contributed by atoms with E-state index < -0.39 is 22.2 Å². The highest BCUT2D eigenvalue weighted by atomic mass is 32.2. The van der Waals surface area contributed by atoms with Gasteiger partial charge in [0.1, 0.15) is 11.9 Å². The number of ether oxygens (including phenoxy) is 1. The summed E-state index contributed by atoms with van der Waals surface area (Å²) in [5.41, 5.74) is 3.53. The summed E-state index contributed by atoms with van der Waals surface area (Å²) in [6.45, 7) is 5.57. The molecule has 0 fully saturated rings. The Balaban J connectivity index is 1.41. The quantitative estimate of drug-likeness (QED) is 0.285. The first kappa shape index (κ1) is 32.2. The van der Waals surface area contributed by atoms with Crippen LogP contribution in [0.3, 0.4) is 0 Å². The zero-order valence-corrected chi connectivity index (χ0v) is 27.0. The number of carbonyl (C=O) groups excluding carboxylic acids is 2. The summed E-state index contributed by atoms with van der Waals surface area (Å²) < 4.78 is 36.4. The first-order chi connectivity index (χ1) is 21.4. The summed E-state index contributed by atoms with van der Waals surface area (Å²) in [4.78, 5) is 28.7. The van der Waals surface area contributed by atoms with Crippen molar-refractivity contribution in [1.82, 2.24) is 13.8 Å². The summed E-state index contributed by atoms with van der Waals surface area (Å²) in [7, 11) is -0.346. The van der Waals surface area contributed by atoms with Crippen molar-refractivity contribution in [2.24, 2.45) is 13.0 Å². The van der Waals surface area contributed by atoms with Crippen molar-refractivity contribution >= 4 is 38.4 Å². The number of aliphatic hydroxyl groups is 1. The third kappa shape index (κ3) is 6.75. The fourth-order valence-electron chi connectivity index (χ4n) is 5.70. The number of carbonyl (C=O) groups is 2. The molecule has 2 N–H and O–H groups in total. The maximum absolute atomic E-state index is 13.8. The van der Waals surface area contributed by atoms with Gasteiger partial charge in [0.25, 0.3) is 5.91 Å². The molecule has 0 saturated heterocycles. The fourth-order valence-corrected chi connectivity index (χ4v) is 6.89. The predicted molar refractivity (Wildman–Crippen MR) is 174 cm³/mol. The van der Waals surface area contributed by atoms with Crippen LogP contribution in [0.2, 0.25) is 0 Å². The van der Waals surface area contributed by atoms with Gasteiger partial charge in [0.2, 0.25) is 15.9 Å². The van der Waals surface area contributed by atoms with Crippen molar-refractivity contribution in [3.05, 3.63) is 89.6 Å². The third-order valence-corrected chi connectivity index (χ3v) is 10.3. The number of aromatic nitrogens is 1. The van der Waals surface area contributed by atoms with Crippen molar-refractivity contribution < 1.29 is 27.9 Å². The molecule has 1 aliphatic rings. The van der Waals surface area contributed by atoms with E-state index in [-0.39, 0.29) is 60.1 Å². The monoisotopic (exact) mass is 632 g/mol.